The zero-order valence-electron chi connectivity index (χ0n) is 10.5. The lowest BCUT2D eigenvalue weighted by molar-refractivity contribution is 0.249. The number of nitrogens with zero attached hydrogens (tertiary/aromatic N) is 1. The zero-order chi connectivity index (χ0) is 13.5. The molecule has 0 saturated carbocycles. The van der Waals surface area contributed by atoms with Crippen molar-refractivity contribution >= 4 is 17.6 Å². The number of nitrogens with one attached hydrogen (secondary N) is 2. The van der Waals surface area contributed by atoms with Crippen LogP contribution in [0.15, 0.2) is 29.4 Å². The monoisotopic (exact) mass is 250 g/mol. The van der Waals surface area contributed by atoms with E-state index in [1.54, 1.807) is 24.3 Å². The van der Waals surface area contributed by atoms with Crippen LogP contribution in [0.2, 0.25) is 0 Å². The van der Waals surface area contributed by atoms with Gasteiger partial charge in [-0.2, -0.15) is 0 Å². The van der Waals surface area contributed by atoms with E-state index in [-0.39, 0.29) is 17.9 Å². The Bertz CT molecular complexity index is 445. The second kappa shape index (κ2) is 6.48. The van der Waals surface area contributed by atoms with Gasteiger partial charge in [0.25, 0.3) is 0 Å². The maximum atomic E-state index is 11.6. The normalized spacial score (nSPS) is 12.9. The zero-order valence-corrected chi connectivity index (χ0v) is 10.5. The number of amidine groups is 1. The highest BCUT2D eigenvalue weighted by atomic mass is 16.4. The Kier molecular flexibility index (Phi) is 4.98. The van der Waals surface area contributed by atoms with Crippen molar-refractivity contribution in [3.8, 4) is 0 Å². The summed E-state index contributed by atoms with van der Waals surface area (Å²) in [5, 5.41) is 16.9. The molecule has 5 N–H and O–H groups in total. The Balaban J connectivity index is 2.71. The summed E-state index contributed by atoms with van der Waals surface area (Å²) < 4.78 is 0. The largest absolute Gasteiger partial charge is 0.409 e. The van der Waals surface area contributed by atoms with Crippen molar-refractivity contribution in [2.24, 2.45) is 10.9 Å². The minimum atomic E-state index is -0.277. The molecule has 0 heterocycles. The van der Waals surface area contributed by atoms with Crippen LogP contribution in [-0.4, -0.2) is 23.1 Å². The van der Waals surface area contributed by atoms with E-state index in [0.717, 1.165) is 6.42 Å². The summed E-state index contributed by atoms with van der Waals surface area (Å²) >= 11 is 0. The number of amides is 2. The van der Waals surface area contributed by atoms with Gasteiger partial charge in [-0.15, -0.1) is 0 Å². The molecule has 0 radical (unpaired) electrons. The van der Waals surface area contributed by atoms with Gasteiger partial charge < -0.3 is 21.6 Å². The molecule has 18 heavy (non-hydrogen) atoms. The number of hydrogen-bond donors (Lipinski definition) is 4. The Morgan fingerprint density at radius 2 is 2.28 bits per heavy atom. The first-order valence-electron chi connectivity index (χ1n) is 5.72. The van der Waals surface area contributed by atoms with Crippen LogP contribution in [0, 0.1) is 0 Å². The van der Waals surface area contributed by atoms with Gasteiger partial charge in [0, 0.05) is 17.3 Å². The molecule has 0 saturated heterocycles. The average molecular weight is 250 g/mol. The summed E-state index contributed by atoms with van der Waals surface area (Å²) in [5.74, 6) is 0.000911. The minimum Gasteiger partial charge on any atom is -0.409 e. The molecule has 0 fully saturated rings. The molecule has 2 amide bonds. The second-order valence-corrected chi connectivity index (χ2v) is 3.97. The first kappa shape index (κ1) is 13.8. The second-order valence-electron chi connectivity index (χ2n) is 3.97. The summed E-state index contributed by atoms with van der Waals surface area (Å²) in [5.41, 5.74) is 6.59. The topological polar surface area (TPSA) is 99.7 Å². The third kappa shape index (κ3) is 3.97. The Morgan fingerprint density at radius 3 is 2.89 bits per heavy atom. The lowest BCUT2D eigenvalue weighted by atomic mass is 10.2. The van der Waals surface area contributed by atoms with Crippen molar-refractivity contribution in [3.63, 3.8) is 0 Å². The molecule has 0 aromatic heterocycles. The number of oxime groups is 1. The molecule has 1 rings (SSSR count). The van der Waals surface area contributed by atoms with Crippen molar-refractivity contribution < 1.29 is 10.0 Å². The molecule has 0 spiro atoms. The summed E-state index contributed by atoms with van der Waals surface area (Å²) in [6, 6.07) is 6.59. The van der Waals surface area contributed by atoms with Crippen LogP contribution in [0.25, 0.3) is 0 Å². The molecule has 1 aromatic rings. The molecule has 98 valence electrons. The first-order chi connectivity index (χ1) is 8.56. The molecule has 0 aliphatic heterocycles. The lowest BCUT2D eigenvalue weighted by Crippen LogP contribution is -2.35. The van der Waals surface area contributed by atoms with E-state index in [1.165, 1.54) is 0 Å². The van der Waals surface area contributed by atoms with E-state index in [4.69, 9.17) is 10.9 Å². The van der Waals surface area contributed by atoms with Crippen molar-refractivity contribution in [2.45, 2.75) is 26.3 Å². The van der Waals surface area contributed by atoms with Gasteiger partial charge in [0.1, 0.15) is 0 Å². The van der Waals surface area contributed by atoms with E-state index in [1.807, 2.05) is 13.8 Å². The van der Waals surface area contributed by atoms with Crippen molar-refractivity contribution in [1.82, 2.24) is 5.32 Å². The van der Waals surface area contributed by atoms with Gasteiger partial charge in [-0.3, -0.25) is 0 Å². The number of benzene rings is 1. The smallest absolute Gasteiger partial charge is 0.319 e. The van der Waals surface area contributed by atoms with Crippen LogP contribution in [0.3, 0.4) is 0 Å². The number of anilines is 1. The molecule has 6 nitrogen and oxygen atoms in total. The average Bonchev–Trinajstić information content (AvgIpc) is 2.37. The minimum absolute atomic E-state index is 0.000911. The molecule has 0 aliphatic carbocycles. The van der Waals surface area contributed by atoms with Gasteiger partial charge >= 0.3 is 6.03 Å². The summed E-state index contributed by atoms with van der Waals surface area (Å²) in [4.78, 5) is 11.6. The van der Waals surface area contributed by atoms with Crippen LogP contribution in [-0.2, 0) is 0 Å². The van der Waals surface area contributed by atoms with Gasteiger partial charge in [-0.25, -0.2) is 4.79 Å². The van der Waals surface area contributed by atoms with Crippen molar-refractivity contribution in [2.75, 3.05) is 5.32 Å². The number of carbonyl (C=O) groups is 1. The standard InChI is InChI=1S/C12H18N4O2/c1-3-8(2)14-12(17)15-10-6-4-5-9(7-10)11(13)16-18/h4-8,18H,3H2,1-2H3,(H2,13,16)(H2,14,15,17)/t8-/m1/s1. The summed E-state index contributed by atoms with van der Waals surface area (Å²) in [6.45, 7) is 3.91. The quantitative estimate of drug-likeness (QED) is 0.283. The third-order valence-corrected chi connectivity index (χ3v) is 2.51. The SMILES string of the molecule is CC[C@@H](C)NC(=O)Nc1cccc(/C(N)=N\O)c1. The van der Waals surface area contributed by atoms with Crippen molar-refractivity contribution in [3.05, 3.63) is 29.8 Å². The Hall–Kier alpha value is -2.24. The van der Waals surface area contributed by atoms with Gasteiger partial charge in [0.15, 0.2) is 5.84 Å². The van der Waals surface area contributed by atoms with E-state index >= 15 is 0 Å². The predicted molar refractivity (Wildman–Crippen MR) is 70.9 cm³/mol. The van der Waals surface area contributed by atoms with Crippen LogP contribution in [0.1, 0.15) is 25.8 Å². The van der Waals surface area contributed by atoms with E-state index in [0.29, 0.717) is 11.3 Å². The van der Waals surface area contributed by atoms with Crippen LogP contribution in [0.4, 0.5) is 10.5 Å². The molecule has 6 heteroatoms. The van der Waals surface area contributed by atoms with E-state index in [9.17, 15) is 4.79 Å². The maximum absolute atomic E-state index is 11.6. The lowest BCUT2D eigenvalue weighted by Gasteiger charge is -2.12. The number of nitrogens with two attached hydrogens (primary N) is 1. The van der Waals surface area contributed by atoms with Gasteiger partial charge in [-0.1, -0.05) is 24.2 Å². The molecule has 0 bridgehead atoms. The van der Waals surface area contributed by atoms with Gasteiger partial charge in [0.05, 0.1) is 0 Å². The molecular formula is C12H18N4O2. The molecular weight excluding hydrogens is 232 g/mol. The van der Waals surface area contributed by atoms with Gasteiger partial charge in [0.2, 0.25) is 0 Å². The fourth-order valence-electron chi connectivity index (χ4n) is 1.31. The molecule has 0 aliphatic rings. The van der Waals surface area contributed by atoms with Crippen LogP contribution >= 0.6 is 0 Å². The van der Waals surface area contributed by atoms with Crippen LogP contribution in [0.5, 0.6) is 0 Å². The fraction of sp³-hybridized carbons (Fsp3) is 0.333. The van der Waals surface area contributed by atoms with Crippen LogP contribution < -0.4 is 16.4 Å². The number of carbonyl (C=O) groups excluding carboxylic acids is 1. The van der Waals surface area contributed by atoms with Gasteiger partial charge in [-0.05, 0) is 25.5 Å². The fourth-order valence-corrected chi connectivity index (χ4v) is 1.31. The maximum Gasteiger partial charge on any atom is 0.319 e. The first-order valence-corrected chi connectivity index (χ1v) is 5.72. The number of urea groups is 1. The Labute approximate surface area is 106 Å². The van der Waals surface area contributed by atoms with Crippen molar-refractivity contribution in [1.29, 1.82) is 0 Å². The highest BCUT2D eigenvalue weighted by Gasteiger charge is 2.06. The molecule has 0 unspecified atom stereocenters. The molecule has 1 aromatic carbocycles. The molecule has 1 atom stereocenters. The summed E-state index contributed by atoms with van der Waals surface area (Å²) in [6.07, 6.45) is 0.859. The highest BCUT2D eigenvalue weighted by Crippen LogP contribution is 2.10. The third-order valence-electron chi connectivity index (χ3n) is 2.51. The Morgan fingerprint density at radius 1 is 1.56 bits per heavy atom. The van der Waals surface area contributed by atoms with E-state index < -0.39 is 0 Å². The summed E-state index contributed by atoms with van der Waals surface area (Å²) in [7, 11) is 0. The number of rotatable bonds is 4. The van der Waals surface area contributed by atoms with E-state index in [2.05, 4.69) is 15.8 Å². The highest BCUT2D eigenvalue weighted by molar-refractivity contribution is 5.99. The predicted octanol–water partition coefficient (Wildman–Crippen LogP) is 1.70. The number of hydrogen-bond acceptors (Lipinski definition) is 3.